The second kappa shape index (κ2) is 11.7. The zero-order valence-corrected chi connectivity index (χ0v) is 19.7. The Morgan fingerprint density at radius 2 is 1.62 bits per heavy atom. The van der Waals surface area contributed by atoms with Crippen LogP contribution in [-0.4, -0.2) is 50.0 Å². The summed E-state index contributed by atoms with van der Waals surface area (Å²) in [5.74, 6) is 2.47. The van der Waals surface area contributed by atoms with Crippen LogP contribution in [0.2, 0.25) is 0 Å². The number of rotatable bonds is 9. The number of nitrogens with zero attached hydrogens (tertiary/aromatic N) is 1. The number of ether oxygens (including phenoxy) is 2. The van der Waals surface area contributed by atoms with Crippen molar-refractivity contribution < 1.29 is 9.47 Å². The van der Waals surface area contributed by atoms with E-state index in [-0.39, 0.29) is 0 Å². The molecule has 2 fully saturated rings. The second-order valence-corrected chi connectivity index (χ2v) is 9.03. The molecule has 0 radical (unpaired) electrons. The zero-order valence-electron chi connectivity index (χ0n) is 19.7. The first kappa shape index (κ1) is 23.1. The molecule has 2 unspecified atom stereocenters. The monoisotopic (exact) mass is 437 g/mol. The fourth-order valence-corrected chi connectivity index (χ4v) is 5.09. The van der Waals surface area contributed by atoms with E-state index < -0.39 is 0 Å². The molecule has 32 heavy (non-hydrogen) atoms. The van der Waals surface area contributed by atoms with Crippen molar-refractivity contribution in [3.8, 4) is 11.5 Å². The van der Waals surface area contributed by atoms with Gasteiger partial charge in [0.15, 0.2) is 0 Å². The number of piperidine rings is 2. The maximum atomic E-state index is 5.75. The van der Waals surface area contributed by atoms with Crippen molar-refractivity contribution in [2.45, 2.75) is 64.2 Å². The topological polar surface area (TPSA) is 45.8 Å². The molecular formula is C27H39N3O2. The number of benzene rings is 2. The van der Waals surface area contributed by atoms with Crippen molar-refractivity contribution in [3.63, 3.8) is 0 Å². The second-order valence-electron chi connectivity index (χ2n) is 9.03. The van der Waals surface area contributed by atoms with Gasteiger partial charge < -0.3 is 14.8 Å². The molecule has 2 atom stereocenters. The summed E-state index contributed by atoms with van der Waals surface area (Å²) < 4.78 is 11.5. The van der Waals surface area contributed by atoms with Crippen molar-refractivity contribution in [1.82, 2.24) is 15.5 Å². The minimum absolute atomic E-state index is 0.419. The highest BCUT2D eigenvalue weighted by atomic mass is 16.5. The molecule has 174 valence electrons. The van der Waals surface area contributed by atoms with Gasteiger partial charge in [0.05, 0.1) is 19.4 Å². The van der Waals surface area contributed by atoms with Gasteiger partial charge in [0.1, 0.15) is 11.5 Å². The van der Waals surface area contributed by atoms with Gasteiger partial charge in [0, 0.05) is 18.7 Å². The zero-order chi connectivity index (χ0) is 22.2. The molecule has 0 aliphatic carbocycles. The summed E-state index contributed by atoms with van der Waals surface area (Å²) >= 11 is 0. The molecule has 5 heteroatoms. The predicted octanol–water partition coefficient (Wildman–Crippen LogP) is 4.53. The molecule has 2 heterocycles. The lowest BCUT2D eigenvalue weighted by Gasteiger charge is -2.38. The molecule has 0 spiro atoms. The van der Waals surface area contributed by atoms with E-state index in [4.69, 9.17) is 9.47 Å². The molecule has 2 aliphatic rings. The molecule has 4 rings (SSSR count). The molecule has 0 amide bonds. The molecule has 2 aromatic rings. The Morgan fingerprint density at radius 1 is 0.938 bits per heavy atom. The van der Waals surface area contributed by atoms with Gasteiger partial charge in [0.25, 0.3) is 0 Å². The Labute approximate surface area is 193 Å². The minimum atomic E-state index is 0.419. The molecule has 2 aromatic carbocycles. The lowest BCUT2D eigenvalue weighted by atomic mass is 9.88. The highest BCUT2D eigenvalue weighted by molar-refractivity contribution is 5.38. The first-order valence-corrected chi connectivity index (χ1v) is 12.4. The summed E-state index contributed by atoms with van der Waals surface area (Å²) in [4.78, 5) is 2.56. The van der Waals surface area contributed by atoms with E-state index in [1.165, 1.54) is 36.8 Å². The molecule has 2 aliphatic heterocycles. The van der Waals surface area contributed by atoms with Crippen LogP contribution < -0.4 is 20.1 Å². The summed E-state index contributed by atoms with van der Waals surface area (Å²) in [6, 6.07) is 17.9. The molecule has 2 N–H and O–H groups in total. The first-order valence-electron chi connectivity index (χ1n) is 12.4. The number of hydrogen-bond acceptors (Lipinski definition) is 5. The molecule has 0 aromatic heterocycles. The minimum Gasteiger partial charge on any atom is -0.494 e. The molecule has 0 saturated carbocycles. The summed E-state index contributed by atoms with van der Waals surface area (Å²) in [5.41, 5.74) is 2.75. The van der Waals surface area contributed by atoms with Crippen LogP contribution in [0.4, 0.5) is 0 Å². The van der Waals surface area contributed by atoms with Gasteiger partial charge in [0.2, 0.25) is 0 Å². The maximum Gasteiger partial charge on any atom is 0.123 e. The Morgan fingerprint density at radius 3 is 2.28 bits per heavy atom. The summed E-state index contributed by atoms with van der Waals surface area (Å²) in [7, 11) is 0. The van der Waals surface area contributed by atoms with Gasteiger partial charge in [-0.25, -0.2) is 0 Å². The fraction of sp³-hybridized carbons (Fsp3) is 0.556. The van der Waals surface area contributed by atoms with E-state index in [9.17, 15) is 0 Å². The fourth-order valence-electron chi connectivity index (χ4n) is 5.09. The molecule has 5 nitrogen and oxygen atoms in total. The van der Waals surface area contributed by atoms with Crippen LogP contribution in [0.25, 0.3) is 0 Å². The van der Waals surface area contributed by atoms with Crippen LogP contribution in [0.1, 0.15) is 56.6 Å². The average Bonchev–Trinajstić information content (AvgIpc) is 2.81. The van der Waals surface area contributed by atoms with Crippen LogP contribution in [0.15, 0.2) is 48.5 Å². The number of hydrogen-bond donors (Lipinski definition) is 2. The highest BCUT2D eigenvalue weighted by Crippen LogP contribution is 2.28. The molecule has 0 bridgehead atoms. The summed E-state index contributed by atoms with van der Waals surface area (Å²) in [6.07, 6.45) is 5.21. The van der Waals surface area contributed by atoms with Crippen molar-refractivity contribution in [1.29, 1.82) is 0 Å². The van der Waals surface area contributed by atoms with Gasteiger partial charge in [-0.3, -0.25) is 10.2 Å². The average molecular weight is 438 g/mol. The Kier molecular flexibility index (Phi) is 8.43. The Balaban J connectivity index is 1.26. The van der Waals surface area contributed by atoms with Crippen molar-refractivity contribution in [2.24, 2.45) is 0 Å². The van der Waals surface area contributed by atoms with Crippen molar-refractivity contribution >= 4 is 0 Å². The van der Waals surface area contributed by atoms with Crippen LogP contribution in [0, 0.1) is 0 Å². The maximum absolute atomic E-state index is 5.75. The normalized spacial score (nSPS) is 22.6. The van der Waals surface area contributed by atoms with E-state index in [1.807, 2.05) is 19.9 Å². The third-order valence-corrected chi connectivity index (χ3v) is 6.67. The third kappa shape index (κ3) is 6.47. The van der Waals surface area contributed by atoms with Gasteiger partial charge in [-0.2, -0.15) is 0 Å². The van der Waals surface area contributed by atoms with E-state index in [0.29, 0.717) is 31.3 Å². The van der Waals surface area contributed by atoms with Gasteiger partial charge >= 0.3 is 0 Å². The van der Waals surface area contributed by atoms with Gasteiger partial charge in [-0.15, -0.1) is 0 Å². The van der Waals surface area contributed by atoms with Crippen LogP contribution in [0.5, 0.6) is 11.5 Å². The van der Waals surface area contributed by atoms with Crippen LogP contribution >= 0.6 is 0 Å². The van der Waals surface area contributed by atoms with Crippen LogP contribution in [0.3, 0.4) is 0 Å². The largest absolute Gasteiger partial charge is 0.494 e. The lowest BCUT2D eigenvalue weighted by molar-refractivity contribution is 0.171. The summed E-state index contributed by atoms with van der Waals surface area (Å²) in [6.45, 7) is 9.67. The summed E-state index contributed by atoms with van der Waals surface area (Å²) in [5, 5.41) is 7.62. The first-order chi connectivity index (χ1) is 15.7. The number of nitrogens with one attached hydrogen (secondary N) is 2. The van der Waals surface area contributed by atoms with Crippen molar-refractivity contribution in [3.05, 3.63) is 59.7 Å². The Hall–Kier alpha value is -2.08. The molecular weight excluding hydrogens is 398 g/mol. The van der Waals surface area contributed by atoms with Crippen LogP contribution in [-0.2, 0) is 6.54 Å². The Bertz CT molecular complexity index is 797. The van der Waals surface area contributed by atoms with Gasteiger partial charge in [-0.1, -0.05) is 30.3 Å². The smallest absolute Gasteiger partial charge is 0.123 e. The van der Waals surface area contributed by atoms with Gasteiger partial charge in [-0.05, 0) is 88.3 Å². The van der Waals surface area contributed by atoms with Crippen molar-refractivity contribution in [2.75, 3.05) is 32.8 Å². The van der Waals surface area contributed by atoms with E-state index in [0.717, 1.165) is 37.7 Å². The molecule has 2 saturated heterocycles. The standard InChI is InChI=1S/C27H39N3O2/c1-3-31-25-16-21(17-26(19-25)32-4-2)20-30-14-11-24(12-15-30)29-27-18-23(10-13-28-27)22-8-6-5-7-9-22/h5-9,16-17,19,23-24,27-29H,3-4,10-15,18,20H2,1-2H3. The van der Waals surface area contributed by atoms with E-state index in [1.54, 1.807) is 0 Å². The van der Waals surface area contributed by atoms with E-state index >= 15 is 0 Å². The third-order valence-electron chi connectivity index (χ3n) is 6.67. The predicted molar refractivity (Wildman–Crippen MR) is 130 cm³/mol. The highest BCUT2D eigenvalue weighted by Gasteiger charge is 2.26. The van der Waals surface area contributed by atoms with E-state index in [2.05, 4.69) is 58.0 Å². The lowest BCUT2D eigenvalue weighted by Crippen LogP contribution is -2.53. The SMILES string of the molecule is CCOc1cc(CN2CCC(NC3CC(c4ccccc4)CCN3)CC2)cc(OCC)c1. The number of likely N-dealkylation sites (tertiary alicyclic amines) is 1. The quantitative estimate of drug-likeness (QED) is 0.603.